The van der Waals surface area contributed by atoms with E-state index in [1.54, 1.807) is 0 Å². The second-order valence-electron chi connectivity index (χ2n) is 9.23. The van der Waals surface area contributed by atoms with Gasteiger partial charge in [-0.05, 0) is 50.3 Å². The number of nitrogens with zero attached hydrogens (tertiary/aromatic N) is 1. The maximum Gasteiger partial charge on any atom is 0.253 e. The summed E-state index contributed by atoms with van der Waals surface area (Å²) in [4.78, 5) is 28.0. The molecular weight excluding hydrogens is 398 g/mol. The van der Waals surface area contributed by atoms with Gasteiger partial charge in [0.1, 0.15) is 0 Å². The van der Waals surface area contributed by atoms with Crippen molar-refractivity contribution in [3.05, 3.63) is 65.7 Å². The second-order valence-corrected chi connectivity index (χ2v) is 9.23. The van der Waals surface area contributed by atoms with Gasteiger partial charge < -0.3 is 15.5 Å². The fourth-order valence-electron chi connectivity index (χ4n) is 4.99. The second kappa shape index (κ2) is 10.7. The normalized spacial score (nSPS) is 18.7. The van der Waals surface area contributed by atoms with Crippen LogP contribution < -0.4 is 15.5 Å². The fourth-order valence-corrected chi connectivity index (χ4v) is 4.99. The maximum absolute atomic E-state index is 13.1. The van der Waals surface area contributed by atoms with E-state index >= 15 is 0 Å². The molecule has 2 aromatic rings. The molecule has 0 aromatic heterocycles. The van der Waals surface area contributed by atoms with Gasteiger partial charge in [-0.15, -0.1) is 0 Å². The van der Waals surface area contributed by atoms with Gasteiger partial charge in [-0.3, -0.25) is 9.59 Å². The topological polar surface area (TPSA) is 61.4 Å². The van der Waals surface area contributed by atoms with E-state index in [0.29, 0.717) is 5.56 Å². The van der Waals surface area contributed by atoms with Crippen LogP contribution in [0.2, 0.25) is 0 Å². The van der Waals surface area contributed by atoms with Gasteiger partial charge in [-0.2, -0.15) is 0 Å². The summed E-state index contributed by atoms with van der Waals surface area (Å²) in [5, 5.41) is 6.44. The van der Waals surface area contributed by atoms with Crippen LogP contribution in [0.3, 0.4) is 0 Å². The van der Waals surface area contributed by atoms with Crippen LogP contribution in [0.25, 0.3) is 0 Å². The van der Waals surface area contributed by atoms with E-state index in [2.05, 4.69) is 15.5 Å². The van der Waals surface area contributed by atoms with E-state index in [9.17, 15) is 9.59 Å². The third-order valence-corrected chi connectivity index (χ3v) is 6.95. The monoisotopic (exact) mass is 433 g/mol. The molecule has 2 fully saturated rings. The van der Waals surface area contributed by atoms with Gasteiger partial charge in [-0.1, -0.05) is 61.7 Å². The lowest BCUT2D eigenvalue weighted by atomic mass is 9.88. The van der Waals surface area contributed by atoms with E-state index in [-0.39, 0.29) is 29.8 Å². The van der Waals surface area contributed by atoms with Crippen LogP contribution in [-0.2, 0) is 4.79 Å². The summed E-state index contributed by atoms with van der Waals surface area (Å²) in [5.41, 5.74) is 2.77. The predicted molar refractivity (Wildman–Crippen MR) is 129 cm³/mol. The molecule has 1 atom stereocenters. The van der Waals surface area contributed by atoms with Crippen molar-refractivity contribution in [2.24, 2.45) is 5.92 Å². The Hall–Kier alpha value is -2.82. The Morgan fingerprint density at radius 1 is 0.875 bits per heavy atom. The molecule has 1 aliphatic heterocycles. The standard InChI is InChI=1S/C27H35N3O2/c1-20(21-10-4-2-5-11-21)28-27(32)24-14-8-9-15-25(24)30-18-16-23(17-19-30)29-26(31)22-12-6-3-7-13-22/h2,4-5,8-11,14-15,20,22-23H,3,6-7,12-13,16-19H2,1H3,(H,28,32)(H,29,31)/t20-/m1/s1. The molecule has 5 heteroatoms. The highest BCUT2D eigenvalue weighted by molar-refractivity contribution is 6.00. The Morgan fingerprint density at radius 2 is 1.53 bits per heavy atom. The summed E-state index contributed by atoms with van der Waals surface area (Å²) in [5.74, 6) is 0.403. The molecule has 0 bridgehead atoms. The summed E-state index contributed by atoms with van der Waals surface area (Å²) in [6, 6.07) is 18.0. The quantitative estimate of drug-likeness (QED) is 0.685. The molecule has 5 nitrogen and oxygen atoms in total. The van der Waals surface area contributed by atoms with Crippen LogP contribution in [-0.4, -0.2) is 30.9 Å². The molecule has 1 heterocycles. The lowest BCUT2D eigenvalue weighted by molar-refractivity contribution is -0.126. The molecule has 2 aromatic carbocycles. The van der Waals surface area contributed by atoms with Crippen molar-refractivity contribution >= 4 is 17.5 Å². The van der Waals surface area contributed by atoms with Crippen LogP contribution in [0, 0.1) is 5.92 Å². The van der Waals surface area contributed by atoms with E-state index in [0.717, 1.165) is 50.0 Å². The first-order valence-corrected chi connectivity index (χ1v) is 12.1. The molecule has 0 spiro atoms. The van der Waals surface area contributed by atoms with E-state index in [1.807, 2.05) is 61.5 Å². The Bertz CT molecular complexity index is 900. The third kappa shape index (κ3) is 5.50. The number of amides is 2. The number of hydrogen-bond acceptors (Lipinski definition) is 3. The molecule has 0 radical (unpaired) electrons. The van der Waals surface area contributed by atoms with Crippen molar-refractivity contribution in [1.82, 2.24) is 10.6 Å². The maximum atomic E-state index is 13.1. The zero-order valence-corrected chi connectivity index (χ0v) is 19.1. The van der Waals surface area contributed by atoms with Crippen molar-refractivity contribution < 1.29 is 9.59 Å². The number of carbonyl (C=O) groups is 2. The average Bonchev–Trinajstić information content (AvgIpc) is 2.85. The Balaban J connectivity index is 1.35. The molecule has 0 unspecified atom stereocenters. The molecular formula is C27H35N3O2. The Labute approximate surface area is 191 Å². The van der Waals surface area contributed by atoms with Crippen molar-refractivity contribution in [3.63, 3.8) is 0 Å². The Kier molecular flexibility index (Phi) is 7.46. The summed E-state index contributed by atoms with van der Waals surface area (Å²) >= 11 is 0. The smallest absolute Gasteiger partial charge is 0.253 e. The number of para-hydroxylation sites is 1. The summed E-state index contributed by atoms with van der Waals surface area (Å²) in [6.45, 7) is 3.69. The van der Waals surface area contributed by atoms with Crippen LogP contribution in [0.4, 0.5) is 5.69 Å². The van der Waals surface area contributed by atoms with Gasteiger partial charge in [0.2, 0.25) is 5.91 Å². The first-order valence-electron chi connectivity index (χ1n) is 12.1. The Morgan fingerprint density at radius 3 is 2.25 bits per heavy atom. The van der Waals surface area contributed by atoms with Gasteiger partial charge in [0.05, 0.1) is 11.6 Å². The molecule has 1 saturated carbocycles. The van der Waals surface area contributed by atoms with E-state index in [1.165, 1.54) is 19.3 Å². The number of piperidine rings is 1. The van der Waals surface area contributed by atoms with Crippen LogP contribution >= 0.6 is 0 Å². The van der Waals surface area contributed by atoms with Crippen LogP contribution in [0.1, 0.15) is 73.8 Å². The molecule has 1 aliphatic carbocycles. The SMILES string of the molecule is C[C@@H](NC(=O)c1ccccc1N1CCC(NC(=O)C2CCCCC2)CC1)c1ccccc1. The third-order valence-electron chi connectivity index (χ3n) is 6.95. The summed E-state index contributed by atoms with van der Waals surface area (Å²) in [7, 11) is 0. The van der Waals surface area contributed by atoms with Gasteiger partial charge >= 0.3 is 0 Å². The first kappa shape index (κ1) is 22.4. The van der Waals surface area contributed by atoms with Crippen LogP contribution in [0.15, 0.2) is 54.6 Å². The van der Waals surface area contributed by atoms with Crippen molar-refractivity contribution in [2.45, 2.75) is 64.0 Å². The number of nitrogens with one attached hydrogen (secondary N) is 2. The van der Waals surface area contributed by atoms with Gasteiger partial charge in [0, 0.05) is 30.7 Å². The number of anilines is 1. The highest BCUT2D eigenvalue weighted by Gasteiger charge is 2.27. The number of benzene rings is 2. The minimum atomic E-state index is -0.0579. The predicted octanol–water partition coefficient (Wildman–Crippen LogP) is 4.84. The van der Waals surface area contributed by atoms with Gasteiger partial charge in [-0.25, -0.2) is 0 Å². The largest absolute Gasteiger partial charge is 0.371 e. The van der Waals surface area contributed by atoms with E-state index < -0.39 is 0 Å². The van der Waals surface area contributed by atoms with Crippen molar-refractivity contribution in [1.29, 1.82) is 0 Å². The molecule has 170 valence electrons. The molecule has 4 rings (SSSR count). The average molecular weight is 434 g/mol. The first-order chi connectivity index (χ1) is 15.6. The zero-order chi connectivity index (χ0) is 22.3. The zero-order valence-electron chi connectivity index (χ0n) is 19.1. The fraction of sp³-hybridized carbons (Fsp3) is 0.481. The molecule has 2 amide bonds. The van der Waals surface area contributed by atoms with Crippen LogP contribution in [0.5, 0.6) is 0 Å². The molecule has 1 saturated heterocycles. The lowest BCUT2D eigenvalue weighted by Crippen LogP contribution is -2.47. The number of carbonyl (C=O) groups excluding carboxylic acids is 2. The molecule has 2 N–H and O–H groups in total. The summed E-state index contributed by atoms with van der Waals surface area (Å²) in [6.07, 6.45) is 7.52. The van der Waals surface area contributed by atoms with Gasteiger partial charge in [0.25, 0.3) is 5.91 Å². The van der Waals surface area contributed by atoms with Crippen molar-refractivity contribution in [2.75, 3.05) is 18.0 Å². The minimum Gasteiger partial charge on any atom is -0.371 e. The molecule has 32 heavy (non-hydrogen) atoms. The van der Waals surface area contributed by atoms with Gasteiger partial charge in [0.15, 0.2) is 0 Å². The number of hydrogen-bond donors (Lipinski definition) is 2. The van der Waals surface area contributed by atoms with Crippen molar-refractivity contribution in [3.8, 4) is 0 Å². The lowest BCUT2D eigenvalue weighted by Gasteiger charge is -2.35. The highest BCUT2D eigenvalue weighted by Crippen LogP contribution is 2.27. The highest BCUT2D eigenvalue weighted by atomic mass is 16.2. The molecule has 2 aliphatic rings. The van der Waals surface area contributed by atoms with E-state index in [4.69, 9.17) is 0 Å². The number of rotatable bonds is 6. The minimum absolute atomic E-state index is 0.0512. The summed E-state index contributed by atoms with van der Waals surface area (Å²) < 4.78 is 0.